The molecule has 2 saturated carbocycles. The molecule has 3 rings (SSSR count). The first-order chi connectivity index (χ1) is 8.62. The maximum absolute atomic E-state index is 5.86. The lowest BCUT2D eigenvalue weighted by molar-refractivity contribution is 0.249. The zero-order valence-corrected chi connectivity index (χ0v) is 11.4. The van der Waals surface area contributed by atoms with Gasteiger partial charge in [-0.2, -0.15) is 4.98 Å². The first kappa shape index (κ1) is 12.2. The van der Waals surface area contributed by atoms with Gasteiger partial charge in [0.25, 0.3) is 0 Å². The second-order valence-electron chi connectivity index (χ2n) is 6.62. The van der Waals surface area contributed by atoms with Gasteiger partial charge in [-0.3, -0.25) is 0 Å². The third-order valence-corrected chi connectivity index (χ3v) is 4.81. The lowest BCUT2D eigenvalue weighted by atomic mass is 9.79. The Hall–Kier alpha value is -0.900. The van der Waals surface area contributed by atoms with Crippen LogP contribution in [0.1, 0.15) is 69.5 Å². The van der Waals surface area contributed by atoms with Crippen LogP contribution in [-0.2, 0) is 0 Å². The maximum atomic E-state index is 5.86. The molecule has 2 aliphatic carbocycles. The largest absolute Gasteiger partial charge is 0.339 e. The highest BCUT2D eigenvalue weighted by Gasteiger charge is 2.49. The van der Waals surface area contributed by atoms with Crippen molar-refractivity contribution in [2.45, 2.75) is 57.8 Å². The number of rotatable bonds is 3. The molecule has 2 aliphatic rings. The topological polar surface area (TPSA) is 64.9 Å². The van der Waals surface area contributed by atoms with Gasteiger partial charge in [0, 0.05) is 11.8 Å². The minimum Gasteiger partial charge on any atom is -0.339 e. The fourth-order valence-electron chi connectivity index (χ4n) is 3.26. The zero-order chi connectivity index (χ0) is 12.8. The van der Waals surface area contributed by atoms with Crippen molar-refractivity contribution in [1.29, 1.82) is 0 Å². The Morgan fingerprint density at radius 3 is 2.72 bits per heavy atom. The number of aromatic nitrogens is 2. The molecule has 100 valence electrons. The van der Waals surface area contributed by atoms with Gasteiger partial charge in [-0.05, 0) is 37.1 Å². The summed E-state index contributed by atoms with van der Waals surface area (Å²) in [6, 6.07) is 0. The van der Waals surface area contributed by atoms with Crippen LogP contribution < -0.4 is 5.73 Å². The lowest BCUT2D eigenvalue weighted by Gasteiger charge is -2.27. The highest BCUT2D eigenvalue weighted by molar-refractivity contribution is 5.15. The van der Waals surface area contributed by atoms with Crippen LogP contribution in [0.25, 0.3) is 0 Å². The van der Waals surface area contributed by atoms with Crippen LogP contribution in [0.15, 0.2) is 4.52 Å². The predicted molar refractivity (Wildman–Crippen MR) is 69.2 cm³/mol. The van der Waals surface area contributed by atoms with Crippen molar-refractivity contribution >= 4 is 0 Å². The summed E-state index contributed by atoms with van der Waals surface area (Å²) in [4.78, 5) is 4.66. The van der Waals surface area contributed by atoms with Crippen molar-refractivity contribution in [2.75, 3.05) is 6.54 Å². The molecule has 1 aromatic rings. The Balaban J connectivity index is 1.76. The number of hydrogen-bond acceptors (Lipinski definition) is 4. The molecule has 4 heteroatoms. The summed E-state index contributed by atoms with van der Waals surface area (Å²) in [5.41, 5.74) is 6.23. The molecule has 2 N–H and O–H groups in total. The van der Waals surface area contributed by atoms with E-state index in [1.54, 1.807) is 0 Å². The third-order valence-electron chi connectivity index (χ3n) is 4.81. The van der Waals surface area contributed by atoms with E-state index >= 15 is 0 Å². The Morgan fingerprint density at radius 1 is 1.33 bits per heavy atom. The smallest absolute Gasteiger partial charge is 0.230 e. The minimum absolute atomic E-state index is 0.362. The van der Waals surface area contributed by atoms with Gasteiger partial charge < -0.3 is 10.3 Å². The average molecular weight is 249 g/mol. The van der Waals surface area contributed by atoms with Gasteiger partial charge in [-0.25, -0.2) is 0 Å². The molecule has 1 heterocycles. The molecule has 0 amide bonds. The summed E-state index contributed by atoms with van der Waals surface area (Å²) in [7, 11) is 0. The summed E-state index contributed by atoms with van der Waals surface area (Å²) in [6.07, 6.45) is 6.07. The van der Waals surface area contributed by atoms with Gasteiger partial charge in [0.1, 0.15) is 0 Å². The van der Waals surface area contributed by atoms with Crippen molar-refractivity contribution in [2.24, 2.45) is 17.1 Å². The van der Waals surface area contributed by atoms with E-state index in [-0.39, 0.29) is 0 Å². The fourth-order valence-corrected chi connectivity index (χ4v) is 3.26. The molecule has 3 unspecified atom stereocenters. The second kappa shape index (κ2) is 4.34. The van der Waals surface area contributed by atoms with E-state index in [9.17, 15) is 0 Å². The molecule has 1 aromatic heterocycles. The molecule has 18 heavy (non-hydrogen) atoms. The molecule has 0 aliphatic heterocycles. The van der Waals surface area contributed by atoms with E-state index in [0.29, 0.717) is 23.2 Å². The third kappa shape index (κ3) is 2.07. The monoisotopic (exact) mass is 249 g/mol. The lowest BCUT2D eigenvalue weighted by Crippen LogP contribution is -2.25. The molecule has 0 aromatic carbocycles. The molecule has 0 radical (unpaired) electrons. The van der Waals surface area contributed by atoms with Crippen molar-refractivity contribution in [3.05, 3.63) is 11.7 Å². The average Bonchev–Trinajstić information content (AvgIpc) is 2.80. The summed E-state index contributed by atoms with van der Waals surface area (Å²) < 4.78 is 5.51. The predicted octanol–water partition coefficient (Wildman–Crippen LogP) is 2.82. The van der Waals surface area contributed by atoms with E-state index in [0.717, 1.165) is 24.7 Å². The van der Waals surface area contributed by atoms with E-state index in [2.05, 4.69) is 24.0 Å². The van der Waals surface area contributed by atoms with Gasteiger partial charge >= 0.3 is 0 Å². The van der Waals surface area contributed by atoms with Crippen LogP contribution in [-0.4, -0.2) is 16.7 Å². The van der Waals surface area contributed by atoms with E-state index in [4.69, 9.17) is 10.3 Å². The SMILES string of the molecule is CC1(C)CC1c1noc(C2CCCCC2CN)n1. The Morgan fingerprint density at radius 2 is 2.06 bits per heavy atom. The highest BCUT2D eigenvalue weighted by atomic mass is 16.5. The normalized spacial score (nSPS) is 34.5. The van der Waals surface area contributed by atoms with Gasteiger partial charge in [0.2, 0.25) is 5.89 Å². The van der Waals surface area contributed by atoms with Crippen LogP contribution in [0, 0.1) is 11.3 Å². The second-order valence-corrected chi connectivity index (χ2v) is 6.62. The Kier molecular flexibility index (Phi) is 2.93. The van der Waals surface area contributed by atoms with Crippen molar-refractivity contribution in [3.63, 3.8) is 0 Å². The quantitative estimate of drug-likeness (QED) is 0.894. The van der Waals surface area contributed by atoms with Crippen LogP contribution >= 0.6 is 0 Å². The van der Waals surface area contributed by atoms with Gasteiger partial charge in [-0.15, -0.1) is 0 Å². The van der Waals surface area contributed by atoms with Crippen LogP contribution in [0.2, 0.25) is 0 Å². The number of nitrogens with zero attached hydrogens (tertiary/aromatic N) is 2. The molecule has 3 atom stereocenters. The first-order valence-corrected chi connectivity index (χ1v) is 7.15. The summed E-state index contributed by atoms with van der Waals surface area (Å²) in [5.74, 6) is 3.17. The number of hydrogen-bond donors (Lipinski definition) is 1. The maximum Gasteiger partial charge on any atom is 0.230 e. The van der Waals surface area contributed by atoms with E-state index < -0.39 is 0 Å². The summed E-state index contributed by atoms with van der Waals surface area (Å²) in [6.45, 7) is 5.26. The molecular formula is C14H23N3O. The molecule has 4 nitrogen and oxygen atoms in total. The van der Waals surface area contributed by atoms with Crippen molar-refractivity contribution in [3.8, 4) is 0 Å². The van der Waals surface area contributed by atoms with Gasteiger partial charge in [0.05, 0.1) is 0 Å². The molecule has 0 saturated heterocycles. The summed E-state index contributed by atoms with van der Waals surface area (Å²) in [5, 5.41) is 4.19. The van der Waals surface area contributed by atoms with E-state index in [1.807, 2.05) is 0 Å². The van der Waals surface area contributed by atoms with Gasteiger partial charge in [-0.1, -0.05) is 31.8 Å². The van der Waals surface area contributed by atoms with Crippen molar-refractivity contribution in [1.82, 2.24) is 10.1 Å². The van der Waals surface area contributed by atoms with Crippen molar-refractivity contribution < 1.29 is 4.52 Å². The number of nitrogens with two attached hydrogens (primary N) is 1. The zero-order valence-electron chi connectivity index (χ0n) is 11.4. The minimum atomic E-state index is 0.362. The highest BCUT2D eigenvalue weighted by Crippen LogP contribution is 2.57. The van der Waals surface area contributed by atoms with Gasteiger partial charge in [0.15, 0.2) is 5.82 Å². The standard InChI is InChI=1S/C14H23N3O/c1-14(2)7-11(14)12-16-13(18-17-12)10-6-4-3-5-9(10)8-15/h9-11H,3-8,15H2,1-2H3. The molecule has 0 spiro atoms. The Labute approximate surface area is 108 Å². The van der Waals surface area contributed by atoms with Crippen LogP contribution in [0.3, 0.4) is 0 Å². The van der Waals surface area contributed by atoms with Crippen LogP contribution in [0.5, 0.6) is 0 Å². The molecule has 2 fully saturated rings. The van der Waals surface area contributed by atoms with E-state index in [1.165, 1.54) is 25.7 Å². The van der Waals surface area contributed by atoms with Crippen LogP contribution in [0.4, 0.5) is 0 Å². The fraction of sp³-hybridized carbons (Fsp3) is 0.857. The Bertz CT molecular complexity index is 426. The summed E-state index contributed by atoms with van der Waals surface area (Å²) >= 11 is 0. The molecule has 0 bridgehead atoms. The molecular weight excluding hydrogens is 226 g/mol. The first-order valence-electron chi connectivity index (χ1n) is 7.15.